The van der Waals surface area contributed by atoms with E-state index in [0.29, 0.717) is 19.5 Å². The van der Waals surface area contributed by atoms with Gasteiger partial charge in [-0.05, 0) is 30.5 Å². The Hall–Kier alpha value is -3.48. The van der Waals surface area contributed by atoms with Gasteiger partial charge in [0.05, 0.1) is 12.1 Å². The monoisotopic (exact) mass is 421 g/mol. The van der Waals surface area contributed by atoms with Gasteiger partial charge in [-0.3, -0.25) is 0 Å². The lowest BCUT2D eigenvalue weighted by molar-refractivity contribution is 0.104. The van der Waals surface area contributed by atoms with Crippen LogP contribution in [-0.4, -0.2) is 63.9 Å². The molecule has 2 aliphatic rings. The molecule has 7 heteroatoms. The van der Waals surface area contributed by atoms with Gasteiger partial charge in [-0.15, -0.1) is 0 Å². The summed E-state index contributed by atoms with van der Waals surface area (Å²) < 4.78 is 5.60. The Balaban J connectivity index is 1.60. The summed E-state index contributed by atoms with van der Waals surface area (Å²) in [7, 11) is 0. The van der Waals surface area contributed by atoms with E-state index < -0.39 is 12.2 Å². The minimum Gasteiger partial charge on any atom is -0.465 e. The van der Waals surface area contributed by atoms with Crippen molar-refractivity contribution in [1.29, 1.82) is 0 Å². The van der Waals surface area contributed by atoms with Crippen LogP contribution < -0.4 is 0 Å². The summed E-state index contributed by atoms with van der Waals surface area (Å²) in [6.45, 7) is 6.56. The van der Waals surface area contributed by atoms with Crippen LogP contribution in [-0.2, 0) is 4.74 Å². The lowest BCUT2D eigenvalue weighted by Gasteiger charge is -2.26. The molecule has 1 aromatic carbocycles. The van der Waals surface area contributed by atoms with Gasteiger partial charge < -0.3 is 24.6 Å². The van der Waals surface area contributed by atoms with Crippen LogP contribution in [0.2, 0.25) is 0 Å². The summed E-state index contributed by atoms with van der Waals surface area (Å²) in [5, 5.41) is 10.8. The number of likely N-dealkylation sites (tertiary alicyclic amines) is 2. The predicted molar refractivity (Wildman–Crippen MR) is 119 cm³/mol. The normalized spacial score (nSPS) is 23.5. The number of hydrogen-bond donors (Lipinski definition) is 2. The van der Waals surface area contributed by atoms with Crippen molar-refractivity contribution in [2.75, 3.05) is 19.7 Å². The highest BCUT2D eigenvalue weighted by Crippen LogP contribution is 2.43. The zero-order valence-corrected chi connectivity index (χ0v) is 17.5. The van der Waals surface area contributed by atoms with Gasteiger partial charge in [0, 0.05) is 36.1 Å². The number of nitrogens with one attached hydrogen (secondary N) is 1. The molecule has 3 atom stereocenters. The van der Waals surface area contributed by atoms with E-state index in [2.05, 4.69) is 11.6 Å². The molecule has 0 aliphatic carbocycles. The molecule has 4 rings (SSSR count). The van der Waals surface area contributed by atoms with Gasteiger partial charge in [0.1, 0.15) is 6.61 Å². The number of allylic oxidation sites excluding steroid dienone is 3. The lowest BCUT2D eigenvalue weighted by Crippen LogP contribution is -2.42. The second-order valence-corrected chi connectivity index (χ2v) is 7.90. The highest BCUT2D eigenvalue weighted by molar-refractivity contribution is 5.84. The number of nitrogens with zero attached hydrogens (tertiary/aromatic N) is 2. The third-order valence-corrected chi connectivity index (χ3v) is 6.20. The van der Waals surface area contributed by atoms with E-state index in [4.69, 9.17) is 4.74 Å². The Kier molecular flexibility index (Phi) is 5.84. The highest BCUT2D eigenvalue weighted by Gasteiger charge is 2.53. The molecule has 2 fully saturated rings. The van der Waals surface area contributed by atoms with E-state index in [9.17, 15) is 14.7 Å². The molecule has 0 spiro atoms. The first kappa shape index (κ1) is 20.8. The number of carbonyl (C=O) groups is 2. The maximum absolute atomic E-state index is 13.0. The molecule has 0 saturated carbocycles. The third-order valence-electron chi connectivity index (χ3n) is 6.20. The molecule has 7 nitrogen and oxygen atoms in total. The fourth-order valence-electron chi connectivity index (χ4n) is 4.94. The van der Waals surface area contributed by atoms with E-state index in [0.717, 1.165) is 22.0 Å². The first-order valence-electron chi connectivity index (χ1n) is 10.5. The van der Waals surface area contributed by atoms with Crippen LogP contribution in [0.1, 0.15) is 24.8 Å². The molecule has 0 bridgehead atoms. The summed E-state index contributed by atoms with van der Waals surface area (Å²) in [6, 6.07) is 7.47. The van der Waals surface area contributed by atoms with Crippen LogP contribution in [0.15, 0.2) is 66.9 Å². The van der Waals surface area contributed by atoms with Gasteiger partial charge in [0.15, 0.2) is 0 Å². The van der Waals surface area contributed by atoms with E-state index in [1.807, 2.05) is 49.5 Å². The zero-order valence-electron chi connectivity index (χ0n) is 17.5. The molecule has 162 valence electrons. The number of H-pyrrole nitrogens is 1. The summed E-state index contributed by atoms with van der Waals surface area (Å²) in [5.41, 5.74) is 2.88. The Morgan fingerprint density at radius 1 is 1.32 bits per heavy atom. The second-order valence-electron chi connectivity index (χ2n) is 7.90. The average molecular weight is 421 g/mol. The number of fused-ring (bicyclic) bond motifs is 2. The van der Waals surface area contributed by atoms with Crippen molar-refractivity contribution in [3.05, 3.63) is 72.5 Å². The summed E-state index contributed by atoms with van der Waals surface area (Å²) >= 11 is 0. The number of rotatable bonds is 5. The SMILES string of the molecule is C=C/C=C(\C=C/C)COC(=O)N1CC(c2c[nH]c3ccccc23)C2C1CCN2C(=O)O. The Labute approximate surface area is 181 Å². The van der Waals surface area contributed by atoms with Crippen molar-refractivity contribution < 1.29 is 19.4 Å². The van der Waals surface area contributed by atoms with E-state index in [1.54, 1.807) is 17.1 Å². The molecule has 3 heterocycles. The predicted octanol–water partition coefficient (Wildman–Crippen LogP) is 4.51. The van der Waals surface area contributed by atoms with E-state index in [1.165, 1.54) is 4.90 Å². The molecule has 2 saturated heterocycles. The van der Waals surface area contributed by atoms with Crippen LogP contribution in [0.5, 0.6) is 0 Å². The number of aromatic nitrogens is 1. The molecule has 3 unspecified atom stereocenters. The Morgan fingerprint density at radius 3 is 2.87 bits per heavy atom. The van der Waals surface area contributed by atoms with Crippen molar-refractivity contribution in [2.45, 2.75) is 31.3 Å². The molecule has 0 radical (unpaired) electrons. The topological polar surface area (TPSA) is 85.9 Å². The van der Waals surface area contributed by atoms with Crippen LogP contribution in [0.4, 0.5) is 9.59 Å². The van der Waals surface area contributed by atoms with Gasteiger partial charge >= 0.3 is 12.2 Å². The van der Waals surface area contributed by atoms with Crippen LogP contribution in [0.25, 0.3) is 10.9 Å². The van der Waals surface area contributed by atoms with Crippen LogP contribution in [0, 0.1) is 0 Å². The van der Waals surface area contributed by atoms with E-state index >= 15 is 0 Å². The van der Waals surface area contributed by atoms with Crippen molar-refractivity contribution in [3.8, 4) is 0 Å². The van der Waals surface area contributed by atoms with Crippen molar-refractivity contribution in [1.82, 2.24) is 14.8 Å². The maximum Gasteiger partial charge on any atom is 0.410 e. The molecule has 2 amide bonds. The average Bonchev–Trinajstić information content (AvgIpc) is 3.45. The first-order valence-corrected chi connectivity index (χ1v) is 10.5. The largest absolute Gasteiger partial charge is 0.465 e. The van der Waals surface area contributed by atoms with Crippen molar-refractivity contribution in [2.24, 2.45) is 0 Å². The minimum absolute atomic E-state index is 0.119. The van der Waals surface area contributed by atoms with Gasteiger partial charge in [0.2, 0.25) is 0 Å². The number of amides is 2. The van der Waals surface area contributed by atoms with Gasteiger partial charge in [-0.2, -0.15) is 0 Å². The van der Waals surface area contributed by atoms with Crippen molar-refractivity contribution >= 4 is 23.1 Å². The lowest BCUT2D eigenvalue weighted by atomic mass is 9.91. The highest BCUT2D eigenvalue weighted by atomic mass is 16.6. The summed E-state index contributed by atoms with van der Waals surface area (Å²) in [4.78, 5) is 31.4. The Bertz CT molecular complexity index is 1050. The van der Waals surface area contributed by atoms with Gasteiger partial charge in [0.25, 0.3) is 0 Å². The fourth-order valence-corrected chi connectivity index (χ4v) is 4.94. The second kappa shape index (κ2) is 8.71. The number of ether oxygens (including phenoxy) is 1. The van der Waals surface area contributed by atoms with Crippen molar-refractivity contribution in [3.63, 3.8) is 0 Å². The first-order chi connectivity index (χ1) is 15.0. The number of benzene rings is 1. The smallest absolute Gasteiger partial charge is 0.410 e. The third kappa shape index (κ3) is 3.83. The minimum atomic E-state index is -0.947. The molecule has 31 heavy (non-hydrogen) atoms. The van der Waals surface area contributed by atoms with E-state index in [-0.39, 0.29) is 24.6 Å². The number of aromatic amines is 1. The standard InChI is InChI=1S/C24H27N3O4/c1-3-7-16(8-4-2)15-31-24(30)27-14-19(22-21(27)11-12-26(22)23(28)29)18-13-25-20-10-6-5-9-17(18)20/h3-10,13,19,21-22,25H,1,11-12,14-15H2,2H3,(H,28,29)/b8-4-,16-7+. The maximum atomic E-state index is 13.0. The molecule has 2 aromatic rings. The number of hydrogen-bond acceptors (Lipinski definition) is 3. The van der Waals surface area contributed by atoms with Gasteiger partial charge in [-0.25, -0.2) is 9.59 Å². The quantitative estimate of drug-likeness (QED) is 0.696. The summed E-state index contributed by atoms with van der Waals surface area (Å²) in [6.07, 6.45) is 8.40. The molecule has 2 N–H and O–H groups in total. The fraction of sp³-hybridized carbons (Fsp3) is 0.333. The number of para-hydroxylation sites is 1. The zero-order chi connectivity index (χ0) is 22.0. The molecule has 1 aromatic heterocycles. The summed E-state index contributed by atoms with van der Waals surface area (Å²) in [5.74, 6) is -0.119. The van der Waals surface area contributed by atoms with Crippen LogP contribution >= 0.6 is 0 Å². The molecule has 2 aliphatic heterocycles. The molecular weight excluding hydrogens is 394 g/mol. The van der Waals surface area contributed by atoms with Crippen LogP contribution in [0.3, 0.4) is 0 Å². The van der Waals surface area contributed by atoms with Gasteiger partial charge in [-0.1, -0.05) is 49.1 Å². The number of carbonyl (C=O) groups excluding carboxylic acids is 1. The number of carboxylic acid groups (broad SMARTS) is 1. The Morgan fingerprint density at radius 2 is 2.13 bits per heavy atom. The molecular formula is C24H27N3O4.